The summed E-state index contributed by atoms with van der Waals surface area (Å²) in [4.78, 5) is 185. The van der Waals surface area contributed by atoms with E-state index >= 15 is 0 Å². The van der Waals surface area contributed by atoms with E-state index in [1.165, 1.54) is 0 Å². The standard InChI is InChI=1S/12C3H8N2O2.4Co.8NO3/c12*1-2-7-3(6)5-4;;;;;8*2-1(3)4/h12*2,4H2,1H3,(H,5,6);;;;;;;;;;;;/q;;;;;;;;;;;;4*+2;8*-1. The predicted molar refractivity (Wildman–Crippen MR) is 375 cm³/mol. The largest absolute Gasteiger partial charge is 2.00 e. The van der Waals surface area contributed by atoms with Gasteiger partial charge in [0.1, 0.15) is 0 Å². The van der Waals surface area contributed by atoms with Crippen molar-refractivity contribution in [3.63, 3.8) is 0 Å². The van der Waals surface area contributed by atoms with Gasteiger partial charge in [0, 0.05) is 0 Å². The first-order valence-corrected chi connectivity index (χ1v) is 27.7. The number of carbonyl (C=O) groups excluding carboxylic acids is 12. The van der Waals surface area contributed by atoms with Crippen molar-refractivity contribution < 1.29 is 222 Å². The molecule has 724 valence electrons. The molecule has 0 aromatic carbocycles. The van der Waals surface area contributed by atoms with E-state index in [0.717, 1.165) is 0 Å². The molecule has 0 spiro atoms. The number of hydrazine groups is 12. The third-order valence-electron chi connectivity index (χ3n) is 4.72. The van der Waals surface area contributed by atoms with Crippen LogP contribution in [0.5, 0.6) is 0 Å². The van der Waals surface area contributed by atoms with Gasteiger partial charge in [-0.3, -0.25) is 65.1 Å². The molecule has 12 amide bonds. The van der Waals surface area contributed by atoms with Gasteiger partial charge in [-0.15, -0.1) is 0 Å². The van der Waals surface area contributed by atoms with Crippen LogP contribution in [-0.4, -0.2) is 193 Å². The molecule has 0 bridgehead atoms. The van der Waals surface area contributed by atoms with Gasteiger partial charge in [0.15, 0.2) is 0 Å². The molecule has 0 aromatic rings. The van der Waals surface area contributed by atoms with Crippen LogP contribution in [0.1, 0.15) is 83.1 Å². The maximum absolute atomic E-state index is 9.95. The fraction of sp³-hybridized carbons (Fsp3) is 0.667. The van der Waals surface area contributed by atoms with Gasteiger partial charge in [-0.05, 0) is 83.1 Å². The van der Waals surface area contributed by atoms with Crippen LogP contribution < -0.4 is 135 Å². The number of nitrogens with two attached hydrogens (primary N) is 12. The summed E-state index contributed by atoms with van der Waals surface area (Å²) in [5, 5.41) is 118. The summed E-state index contributed by atoms with van der Waals surface area (Å²) in [5.74, 6) is 55.6. The number of carbonyl (C=O) groups is 12. The molecule has 36 N–H and O–H groups in total. The first-order chi connectivity index (χ1) is 53.6. The molecule has 0 saturated carbocycles. The maximum atomic E-state index is 9.95. The third-order valence-corrected chi connectivity index (χ3v) is 4.72. The van der Waals surface area contributed by atoms with Gasteiger partial charge in [0.25, 0.3) is 0 Å². The van der Waals surface area contributed by atoms with E-state index in [1.54, 1.807) is 148 Å². The molecular formula is C36H96Co4N32O48. The second-order valence-electron chi connectivity index (χ2n) is 12.2. The number of ether oxygens (including phenoxy) is 12. The van der Waals surface area contributed by atoms with Crippen LogP contribution in [0.2, 0.25) is 0 Å². The fourth-order valence-corrected chi connectivity index (χ4v) is 2.07. The van der Waals surface area contributed by atoms with Crippen LogP contribution in [0.3, 0.4) is 0 Å². The van der Waals surface area contributed by atoms with Gasteiger partial charge in [-0.2, -0.15) is 0 Å². The first kappa shape index (κ1) is 174. The van der Waals surface area contributed by atoms with E-state index in [0.29, 0.717) is 79.3 Å². The summed E-state index contributed by atoms with van der Waals surface area (Å²) in [6, 6.07) is 0. The quantitative estimate of drug-likeness (QED) is 0.0284. The van der Waals surface area contributed by atoms with Crippen LogP contribution in [-0.2, 0) is 124 Å². The number of hydrogen-bond donors (Lipinski definition) is 24. The van der Waals surface area contributed by atoms with E-state index in [1.807, 2.05) is 0 Å². The second-order valence-corrected chi connectivity index (χ2v) is 12.2. The van der Waals surface area contributed by atoms with Crippen molar-refractivity contribution in [3.05, 3.63) is 123 Å². The summed E-state index contributed by atoms with van der Waals surface area (Å²) < 4.78 is 51.8. The Morgan fingerprint density at radius 3 is 0.208 bits per heavy atom. The maximum Gasteiger partial charge on any atom is 2.00 e. The zero-order chi connectivity index (χ0) is 97.0. The van der Waals surface area contributed by atoms with Crippen molar-refractivity contribution in [3.8, 4) is 0 Å². The van der Waals surface area contributed by atoms with Crippen LogP contribution in [0, 0.1) is 123 Å². The molecule has 0 rings (SSSR count). The van der Waals surface area contributed by atoms with E-state index in [4.69, 9.17) is 123 Å². The van der Waals surface area contributed by atoms with Crippen LogP contribution in [0.4, 0.5) is 57.5 Å². The van der Waals surface area contributed by atoms with Crippen molar-refractivity contribution >= 4 is 73.1 Å². The number of hydrogen-bond acceptors (Lipinski definition) is 60. The third kappa shape index (κ3) is 519. The minimum Gasteiger partial charge on any atom is -0.449 e. The molecule has 0 aliphatic rings. The Labute approximate surface area is 713 Å². The van der Waals surface area contributed by atoms with Gasteiger partial charge in [-0.1, -0.05) is 0 Å². The molecule has 0 aliphatic carbocycles. The Hall–Kier alpha value is -13.6. The number of nitrogens with one attached hydrogen (secondary N) is 12. The predicted octanol–water partition coefficient (Wildman–Crippen LogP) is -6.65. The molecule has 80 nitrogen and oxygen atoms in total. The van der Waals surface area contributed by atoms with Crippen LogP contribution in [0.25, 0.3) is 0 Å². The molecule has 120 heavy (non-hydrogen) atoms. The minimum absolute atomic E-state index is 0. The van der Waals surface area contributed by atoms with Gasteiger partial charge in [0.05, 0.1) is 120 Å². The SMILES string of the molecule is CCOC(=O)NN.CCOC(=O)NN.CCOC(=O)NN.CCOC(=O)NN.CCOC(=O)NN.CCOC(=O)NN.CCOC(=O)NN.CCOC(=O)NN.CCOC(=O)NN.CCOC(=O)NN.CCOC(=O)NN.CCOC(=O)NN.O=[N+]([O-])[O-].O=[N+]([O-])[O-].O=[N+]([O-])[O-].O=[N+]([O-])[O-].O=[N+]([O-])[O-].O=[N+]([O-])[O-].O=[N+]([O-])[O-].O=[N+]([O-])[O-].[Co+2].[Co+2].[Co+2].[Co+2]. The molecular weight excluding hydrogens is 1880 g/mol. The Morgan fingerprint density at radius 2 is 0.200 bits per heavy atom. The van der Waals surface area contributed by atoms with Crippen LogP contribution in [0.15, 0.2) is 0 Å². The van der Waals surface area contributed by atoms with Crippen molar-refractivity contribution in [1.29, 1.82) is 0 Å². The number of nitrogens with zero attached hydrogens (tertiary/aromatic N) is 8. The molecule has 0 atom stereocenters. The van der Waals surface area contributed by atoms with E-state index in [2.05, 4.69) is 127 Å². The van der Waals surface area contributed by atoms with Gasteiger partial charge in [-0.25, -0.2) is 128 Å². The Balaban J connectivity index is -0.0000000368. The topological polar surface area (TPSA) is 1300 Å². The van der Waals surface area contributed by atoms with E-state index in [-0.39, 0.29) is 67.1 Å². The minimum atomic E-state index is -1.75. The van der Waals surface area contributed by atoms with Crippen molar-refractivity contribution in [2.75, 3.05) is 79.3 Å². The first-order valence-electron chi connectivity index (χ1n) is 27.7. The van der Waals surface area contributed by atoms with Gasteiger partial charge >= 0.3 is 140 Å². The molecule has 84 heteroatoms. The second kappa shape index (κ2) is 169. The Bertz CT molecular complexity index is 1840. The Kier molecular flexibility index (Phi) is 245. The average Bonchev–Trinajstić information content (AvgIpc) is 1.24. The molecule has 0 aromatic heterocycles. The van der Waals surface area contributed by atoms with Crippen molar-refractivity contribution in [2.45, 2.75) is 83.1 Å². The normalized spacial score (nSPS) is 7.00. The zero-order valence-corrected chi connectivity index (χ0v) is 68.1. The van der Waals surface area contributed by atoms with E-state index < -0.39 is 114 Å². The fourth-order valence-electron chi connectivity index (χ4n) is 2.07. The summed E-state index contributed by atoms with van der Waals surface area (Å²) in [6.07, 6.45) is -7.14. The average molecular weight is 1980 g/mol. The molecule has 4 radical (unpaired) electrons. The van der Waals surface area contributed by atoms with Crippen molar-refractivity contribution in [1.82, 2.24) is 65.1 Å². The summed E-state index contributed by atoms with van der Waals surface area (Å²) in [5.41, 5.74) is 21.7. The van der Waals surface area contributed by atoms with Crippen molar-refractivity contribution in [2.24, 2.45) is 70.1 Å². The molecule has 0 heterocycles. The molecule has 0 fully saturated rings. The van der Waals surface area contributed by atoms with Gasteiger partial charge < -0.3 is 179 Å². The smallest absolute Gasteiger partial charge is 0.449 e. The summed E-state index contributed by atoms with van der Waals surface area (Å²) in [6.45, 7) is 24.6. The number of amides is 12. The monoisotopic (exact) mass is 1980 g/mol. The summed E-state index contributed by atoms with van der Waals surface area (Å²) in [7, 11) is 0. The molecule has 0 unspecified atom stereocenters. The molecule has 0 saturated heterocycles. The Morgan fingerprint density at radius 1 is 0.167 bits per heavy atom. The number of rotatable bonds is 12. The van der Waals surface area contributed by atoms with Gasteiger partial charge in [0.2, 0.25) is 0 Å². The zero-order valence-electron chi connectivity index (χ0n) is 63.9. The van der Waals surface area contributed by atoms with E-state index in [9.17, 15) is 57.5 Å². The summed E-state index contributed by atoms with van der Waals surface area (Å²) >= 11 is 0. The molecule has 0 aliphatic heterocycles. The van der Waals surface area contributed by atoms with Crippen LogP contribution >= 0.6 is 0 Å².